The normalized spacial score (nSPS) is 9.59. The zero-order valence-corrected chi connectivity index (χ0v) is 12.2. The van der Waals surface area contributed by atoms with Crippen molar-refractivity contribution in [3.63, 3.8) is 0 Å². The van der Waals surface area contributed by atoms with Crippen LogP contribution in [0.5, 0.6) is 0 Å². The molecule has 0 atom stereocenters. The Balaban J connectivity index is 0.00000256. The second-order valence-electron chi connectivity index (χ2n) is 3.38. The van der Waals surface area contributed by atoms with Crippen molar-refractivity contribution in [3.8, 4) is 0 Å². The lowest BCUT2D eigenvalue weighted by atomic mass is 10.2. The molecule has 6 heteroatoms. The zero-order chi connectivity index (χ0) is 12.0. The number of nitrogens with one attached hydrogen (secondary N) is 1. The number of halogens is 3. The molecular formula is C11H15ClFIN2O. The topological polar surface area (TPSA) is 55.1 Å². The van der Waals surface area contributed by atoms with Crippen molar-refractivity contribution < 1.29 is 9.18 Å². The van der Waals surface area contributed by atoms with E-state index in [2.05, 4.69) is 5.32 Å². The van der Waals surface area contributed by atoms with Crippen LogP contribution >= 0.6 is 35.0 Å². The van der Waals surface area contributed by atoms with Gasteiger partial charge in [0, 0.05) is 10.1 Å². The van der Waals surface area contributed by atoms with Crippen LogP contribution in [0, 0.1) is 9.39 Å². The van der Waals surface area contributed by atoms with E-state index in [9.17, 15) is 9.18 Å². The van der Waals surface area contributed by atoms with E-state index >= 15 is 0 Å². The third-order valence-corrected chi connectivity index (χ3v) is 2.98. The van der Waals surface area contributed by atoms with Gasteiger partial charge >= 0.3 is 0 Å². The first kappa shape index (κ1) is 16.6. The summed E-state index contributed by atoms with van der Waals surface area (Å²) in [7, 11) is 0. The monoisotopic (exact) mass is 372 g/mol. The van der Waals surface area contributed by atoms with Crippen molar-refractivity contribution in [1.29, 1.82) is 0 Å². The van der Waals surface area contributed by atoms with Crippen LogP contribution in [0.4, 0.5) is 4.39 Å². The predicted octanol–water partition coefficient (Wildman–Crippen LogP) is 2.32. The lowest BCUT2D eigenvalue weighted by Crippen LogP contribution is -2.25. The summed E-state index contributed by atoms with van der Waals surface area (Å²) in [6.07, 6.45) is 1.75. The van der Waals surface area contributed by atoms with Crippen molar-refractivity contribution in [2.75, 3.05) is 13.1 Å². The number of hydrogen-bond acceptors (Lipinski definition) is 2. The molecule has 3 N–H and O–H groups in total. The van der Waals surface area contributed by atoms with Gasteiger partial charge in [-0.15, -0.1) is 12.4 Å². The van der Waals surface area contributed by atoms with Crippen LogP contribution in [0.3, 0.4) is 0 Å². The Morgan fingerprint density at radius 2 is 2.12 bits per heavy atom. The SMILES string of the molecule is Cl.NCCCCNC(=O)c1ccc(F)cc1I. The molecular weight excluding hydrogens is 357 g/mol. The van der Waals surface area contributed by atoms with Gasteiger partial charge in [0.05, 0.1) is 5.56 Å². The predicted molar refractivity (Wildman–Crippen MR) is 77.0 cm³/mol. The maximum absolute atomic E-state index is 12.8. The number of rotatable bonds is 5. The van der Waals surface area contributed by atoms with Crippen molar-refractivity contribution in [1.82, 2.24) is 5.32 Å². The minimum atomic E-state index is -0.330. The molecule has 0 saturated carbocycles. The fraction of sp³-hybridized carbons (Fsp3) is 0.364. The van der Waals surface area contributed by atoms with Gasteiger partial charge in [0.25, 0.3) is 5.91 Å². The number of amides is 1. The van der Waals surface area contributed by atoms with Crippen molar-refractivity contribution >= 4 is 40.9 Å². The molecule has 0 aliphatic carbocycles. The van der Waals surface area contributed by atoms with Gasteiger partial charge in [-0.1, -0.05) is 0 Å². The van der Waals surface area contributed by atoms with E-state index < -0.39 is 0 Å². The van der Waals surface area contributed by atoms with E-state index in [1.165, 1.54) is 18.2 Å². The standard InChI is InChI=1S/C11H14FIN2O.ClH/c12-8-3-4-9(10(13)7-8)11(16)15-6-2-1-5-14;/h3-4,7H,1-2,5-6,14H2,(H,15,16);1H. The molecule has 0 saturated heterocycles. The van der Waals surface area contributed by atoms with Crippen LogP contribution in [0.15, 0.2) is 18.2 Å². The van der Waals surface area contributed by atoms with E-state index in [1.54, 1.807) is 0 Å². The third-order valence-electron chi connectivity index (χ3n) is 2.09. The van der Waals surface area contributed by atoms with Gasteiger partial charge in [-0.3, -0.25) is 4.79 Å². The van der Waals surface area contributed by atoms with Gasteiger partial charge in [0.15, 0.2) is 0 Å². The van der Waals surface area contributed by atoms with E-state index in [4.69, 9.17) is 5.73 Å². The molecule has 0 aliphatic rings. The number of unbranched alkanes of at least 4 members (excludes halogenated alkanes) is 1. The summed E-state index contributed by atoms with van der Waals surface area (Å²) in [4.78, 5) is 11.7. The van der Waals surface area contributed by atoms with Crippen molar-refractivity contribution in [3.05, 3.63) is 33.1 Å². The summed E-state index contributed by atoms with van der Waals surface area (Å²) >= 11 is 1.95. The maximum Gasteiger partial charge on any atom is 0.252 e. The van der Waals surface area contributed by atoms with Crippen molar-refractivity contribution in [2.45, 2.75) is 12.8 Å². The Morgan fingerprint density at radius 3 is 2.71 bits per heavy atom. The minimum Gasteiger partial charge on any atom is -0.352 e. The highest BCUT2D eigenvalue weighted by Gasteiger charge is 2.09. The Bertz CT molecular complexity index is 376. The molecule has 1 aromatic carbocycles. The first-order valence-electron chi connectivity index (χ1n) is 5.08. The highest BCUT2D eigenvalue weighted by atomic mass is 127. The first-order valence-corrected chi connectivity index (χ1v) is 6.16. The lowest BCUT2D eigenvalue weighted by molar-refractivity contribution is 0.0952. The van der Waals surface area contributed by atoms with Gasteiger partial charge in [-0.25, -0.2) is 4.39 Å². The van der Waals surface area contributed by atoms with Crippen LogP contribution < -0.4 is 11.1 Å². The van der Waals surface area contributed by atoms with Crippen LogP contribution in [0.2, 0.25) is 0 Å². The molecule has 1 rings (SSSR count). The molecule has 0 aliphatic heterocycles. The van der Waals surface area contributed by atoms with E-state index in [0.29, 0.717) is 22.2 Å². The summed E-state index contributed by atoms with van der Waals surface area (Å²) in [5, 5.41) is 2.77. The molecule has 0 fully saturated rings. The van der Waals surface area contributed by atoms with Gasteiger partial charge in [0.2, 0.25) is 0 Å². The molecule has 3 nitrogen and oxygen atoms in total. The highest BCUT2D eigenvalue weighted by Crippen LogP contribution is 2.13. The van der Waals surface area contributed by atoms with E-state index in [1.807, 2.05) is 22.6 Å². The van der Waals surface area contributed by atoms with Crippen LogP contribution in [-0.2, 0) is 0 Å². The Morgan fingerprint density at radius 1 is 1.41 bits per heavy atom. The fourth-order valence-electron chi connectivity index (χ4n) is 1.24. The molecule has 96 valence electrons. The Labute approximate surface area is 120 Å². The van der Waals surface area contributed by atoms with E-state index in [0.717, 1.165) is 12.8 Å². The molecule has 0 unspecified atom stereocenters. The summed E-state index contributed by atoms with van der Waals surface area (Å²) in [5.74, 6) is -0.495. The molecule has 17 heavy (non-hydrogen) atoms. The summed E-state index contributed by atoms with van der Waals surface area (Å²) in [6, 6.07) is 4.13. The van der Waals surface area contributed by atoms with Gasteiger partial charge in [0.1, 0.15) is 5.82 Å². The van der Waals surface area contributed by atoms with E-state index in [-0.39, 0.29) is 24.1 Å². The second-order valence-corrected chi connectivity index (χ2v) is 4.54. The molecule has 0 bridgehead atoms. The third kappa shape index (κ3) is 5.65. The Hall–Kier alpha value is -0.400. The lowest BCUT2D eigenvalue weighted by Gasteiger charge is -2.06. The second kappa shape index (κ2) is 8.66. The number of hydrogen-bond donors (Lipinski definition) is 2. The fourth-order valence-corrected chi connectivity index (χ4v) is 1.96. The first-order chi connectivity index (χ1) is 7.65. The number of carbonyl (C=O) groups is 1. The number of benzene rings is 1. The summed E-state index contributed by atoms with van der Waals surface area (Å²) in [5.41, 5.74) is 5.85. The molecule has 0 spiro atoms. The molecule has 1 aromatic rings. The van der Waals surface area contributed by atoms with Crippen LogP contribution in [0.1, 0.15) is 23.2 Å². The molecule has 0 aromatic heterocycles. The number of nitrogens with two attached hydrogens (primary N) is 1. The van der Waals surface area contributed by atoms with Gasteiger partial charge < -0.3 is 11.1 Å². The smallest absolute Gasteiger partial charge is 0.252 e. The van der Waals surface area contributed by atoms with Crippen LogP contribution in [-0.4, -0.2) is 19.0 Å². The average Bonchev–Trinajstić information content (AvgIpc) is 2.24. The molecule has 0 heterocycles. The maximum atomic E-state index is 12.8. The molecule has 0 radical (unpaired) electrons. The highest BCUT2D eigenvalue weighted by molar-refractivity contribution is 14.1. The van der Waals surface area contributed by atoms with Crippen LogP contribution in [0.25, 0.3) is 0 Å². The van der Waals surface area contributed by atoms with Gasteiger partial charge in [-0.2, -0.15) is 0 Å². The van der Waals surface area contributed by atoms with Gasteiger partial charge in [-0.05, 0) is 60.2 Å². The zero-order valence-electron chi connectivity index (χ0n) is 9.21. The largest absolute Gasteiger partial charge is 0.352 e. The van der Waals surface area contributed by atoms with Crippen molar-refractivity contribution in [2.24, 2.45) is 5.73 Å². The summed E-state index contributed by atoms with van der Waals surface area (Å²) < 4.78 is 13.4. The average molecular weight is 373 g/mol. The minimum absolute atomic E-state index is 0. The summed E-state index contributed by atoms with van der Waals surface area (Å²) in [6.45, 7) is 1.23. The number of carbonyl (C=O) groups excluding carboxylic acids is 1. The molecule has 1 amide bonds. The Kier molecular flexibility index (Phi) is 8.45. The quantitative estimate of drug-likeness (QED) is 0.616.